The zero-order chi connectivity index (χ0) is 18.5. The van der Waals surface area contributed by atoms with Gasteiger partial charge in [0.15, 0.2) is 0 Å². The summed E-state index contributed by atoms with van der Waals surface area (Å²) < 4.78 is 5.15. The van der Waals surface area contributed by atoms with Gasteiger partial charge in [-0.3, -0.25) is 0 Å². The first-order chi connectivity index (χ1) is 10.7. The average Bonchev–Trinajstić information content (AvgIpc) is 2.57. The molecule has 0 aromatic heterocycles. The van der Waals surface area contributed by atoms with E-state index in [-0.39, 0.29) is 18.8 Å². The van der Waals surface area contributed by atoms with Crippen molar-refractivity contribution in [1.29, 1.82) is 0 Å². The number of aliphatic carboxylic acids is 1. The van der Waals surface area contributed by atoms with E-state index >= 15 is 0 Å². The molecule has 7 N–H and O–H groups in total. The van der Waals surface area contributed by atoms with Gasteiger partial charge in [0.1, 0.15) is 0 Å². The summed E-state index contributed by atoms with van der Waals surface area (Å²) in [4.78, 5) is 9.60. The van der Waals surface area contributed by atoms with Crippen molar-refractivity contribution >= 4 is 5.97 Å². The second-order valence-electron chi connectivity index (χ2n) is 5.53. The Balaban J connectivity index is 0. The molecule has 0 fully saturated rings. The van der Waals surface area contributed by atoms with E-state index in [2.05, 4.69) is 6.58 Å². The van der Waals surface area contributed by atoms with Gasteiger partial charge in [0.25, 0.3) is 0 Å². The number of ether oxygens (including phenoxy) is 1. The molecular weight excluding hydrogens is 312 g/mol. The van der Waals surface area contributed by atoms with Crippen molar-refractivity contribution in [1.82, 2.24) is 0 Å². The first kappa shape index (κ1) is 24.2. The first-order valence-electron chi connectivity index (χ1n) is 6.83. The molecule has 0 aliphatic heterocycles. The Kier molecular flexibility index (Phi) is 13.0. The number of hydrogen-bond donors (Lipinski definition) is 7. The maximum Gasteiger partial charge on any atom is 0.330 e. The van der Waals surface area contributed by atoms with Crippen molar-refractivity contribution in [2.24, 2.45) is 10.8 Å². The third kappa shape index (κ3) is 8.96. The number of carboxylic acids is 1. The second kappa shape index (κ2) is 12.4. The van der Waals surface area contributed by atoms with Crippen LogP contribution in [0.2, 0.25) is 0 Å². The van der Waals surface area contributed by atoms with E-state index in [0.29, 0.717) is 0 Å². The number of carbonyl (C=O) groups is 1. The van der Waals surface area contributed by atoms with Gasteiger partial charge in [-0.05, 0) is 6.92 Å². The van der Waals surface area contributed by atoms with Crippen LogP contribution in [-0.2, 0) is 9.53 Å². The number of aliphatic hydroxyl groups is 6. The van der Waals surface area contributed by atoms with E-state index in [1.54, 1.807) is 0 Å². The van der Waals surface area contributed by atoms with Crippen molar-refractivity contribution in [2.75, 3.05) is 52.9 Å². The molecule has 0 saturated heterocycles. The number of carboxylic acid groups (broad SMARTS) is 1. The molecule has 23 heavy (non-hydrogen) atoms. The van der Waals surface area contributed by atoms with Crippen LogP contribution in [0.15, 0.2) is 12.2 Å². The van der Waals surface area contributed by atoms with Gasteiger partial charge in [-0.15, -0.1) is 0 Å². The molecule has 9 heteroatoms. The van der Waals surface area contributed by atoms with Gasteiger partial charge in [-0.25, -0.2) is 4.79 Å². The molecule has 0 aliphatic carbocycles. The molecule has 0 saturated carbocycles. The predicted octanol–water partition coefficient (Wildman–Crippen LogP) is -2.42. The largest absolute Gasteiger partial charge is 0.478 e. The van der Waals surface area contributed by atoms with Crippen molar-refractivity contribution < 1.29 is 45.3 Å². The first-order valence-corrected chi connectivity index (χ1v) is 6.83. The Hall–Kier alpha value is -1.07. The fraction of sp³-hybridized carbons (Fsp3) is 0.786. The fourth-order valence-electron chi connectivity index (χ4n) is 1.06. The zero-order valence-corrected chi connectivity index (χ0v) is 13.3. The third-order valence-corrected chi connectivity index (χ3v) is 3.19. The lowest BCUT2D eigenvalue weighted by Gasteiger charge is -2.31. The predicted molar refractivity (Wildman–Crippen MR) is 80.6 cm³/mol. The van der Waals surface area contributed by atoms with Crippen molar-refractivity contribution in [3.05, 3.63) is 12.2 Å². The van der Waals surface area contributed by atoms with Crippen LogP contribution >= 0.6 is 0 Å². The van der Waals surface area contributed by atoms with Crippen LogP contribution in [0.3, 0.4) is 0 Å². The summed E-state index contributed by atoms with van der Waals surface area (Å²) in [5.74, 6) is -0.935. The van der Waals surface area contributed by atoms with Crippen LogP contribution in [0.1, 0.15) is 6.92 Å². The van der Waals surface area contributed by atoms with Crippen LogP contribution in [0.5, 0.6) is 0 Å². The molecule has 0 aliphatic rings. The Bertz CT molecular complexity index is 287. The van der Waals surface area contributed by atoms with Crippen LogP contribution in [0.4, 0.5) is 0 Å². The van der Waals surface area contributed by atoms with E-state index < -0.39 is 56.4 Å². The van der Waals surface area contributed by atoms with E-state index in [9.17, 15) is 4.79 Å². The summed E-state index contributed by atoms with van der Waals surface area (Å²) in [5, 5.41) is 62.1. The van der Waals surface area contributed by atoms with Gasteiger partial charge in [0.2, 0.25) is 0 Å². The quantitative estimate of drug-likeness (QED) is 0.202. The average molecular weight is 340 g/mol. The molecule has 0 bridgehead atoms. The van der Waals surface area contributed by atoms with Crippen molar-refractivity contribution in [3.8, 4) is 0 Å². The maximum absolute atomic E-state index is 9.60. The highest BCUT2D eigenvalue weighted by atomic mass is 16.5. The zero-order valence-electron chi connectivity index (χ0n) is 13.3. The van der Waals surface area contributed by atoms with Gasteiger partial charge >= 0.3 is 5.97 Å². The molecule has 0 atom stereocenters. The van der Waals surface area contributed by atoms with Gasteiger partial charge < -0.3 is 40.5 Å². The van der Waals surface area contributed by atoms with E-state index in [1.807, 2.05) is 0 Å². The Morgan fingerprint density at radius 3 is 1.17 bits per heavy atom. The minimum atomic E-state index is -1.16. The molecule has 0 radical (unpaired) electrons. The summed E-state index contributed by atoms with van der Waals surface area (Å²) in [6.07, 6.45) is 0. The summed E-state index contributed by atoms with van der Waals surface area (Å²) >= 11 is 0. The molecule has 0 spiro atoms. The normalized spacial score (nSPS) is 11.6. The molecule has 0 aromatic carbocycles. The lowest BCUT2D eigenvalue weighted by atomic mass is 9.91. The molecule has 0 heterocycles. The summed E-state index contributed by atoms with van der Waals surface area (Å²) in [7, 11) is 0. The third-order valence-electron chi connectivity index (χ3n) is 3.19. The standard InChI is InChI=1S/C10H22O7.C4H6O2/c11-1-9(2-12,3-13)7-17-8-10(4-14,5-15)6-16;1-3(2)4(5)6/h11-16H,1-8H2;1H2,2H3,(H,5,6). The fourth-order valence-corrected chi connectivity index (χ4v) is 1.06. The van der Waals surface area contributed by atoms with E-state index in [4.69, 9.17) is 40.5 Å². The smallest absolute Gasteiger partial charge is 0.330 e. The molecule has 0 amide bonds. The SMILES string of the molecule is C=C(C)C(=O)O.OCC(CO)(CO)COCC(CO)(CO)CO. The highest BCUT2D eigenvalue weighted by Gasteiger charge is 2.32. The molecule has 9 nitrogen and oxygen atoms in total. The van der Waals surface area contributed by atoms with Crippen molar-refractivity contribution in [3.63, 3.8) is 0 Å². The Labute approximate surface area is 135 Å². The highest BCUT2D eigenvalue weighted by molar-refractivity contribution is 5.84. The van der Waals surface area contributed by atoms with Gasteiger partial charge in [-0.2, -0.15) is 0 Å². The van der Waals surface area contributed by atoms with Crippen LogP contribution < -0.4 is 0 Å². The number of aliphatic hydroxyl groups excluding tert-OH is 6. The van der Waals surface area contributed by atoms with Gasteiger partial charge in [0.05, 0.1) is 63.7 Å². The van der Waals surface area contributed by atoms with Gasteiger partial charge in [0, 0.05) is 5.57 Å². The van der Waals surface area contributed by atoms with Crippen LogP contribution in [0, 0.1) is 10.8 Å². The number of rotatable bonds is 11. The summed E-state index contributed by atoms with van der Waals surface area (Å²) in [5.41, 5.74) is -2.15. The maximum atomic E-state index is 9.60. The summed E-state index contributed by atoms with van der Waals surface area (Å²) in [6.45, 7) is 1.60. The number of hydrogen-bond acceptors (Lipinski definition) is 8. The Morgan fingerprint density at radius 2 is 1.04 bits per heavy atom. The topological polar surface area (TPSA) is 168 Å². The van der Waals surface area contributed by atoms with Crippen LogP contribution in [0.25, 0.3) is 0 Å². The van der Waals surface area contributed by atoms with Crippen LogP contribution in [-0.4, -0.2) is 94.6 Å². The molecule has 0 aromatic rings. The monoisotopic (exact) mass is 340 g/mol. The van der Waals surface area contributed by atoms with Crippen molar-refractivity contribution in [2.45, 2.75) is 6.92 Å². The minimum absolute atomic E-state index is 0.141. The molecular formula is C14H28O9. The van der Waals surface area contributed by atoms with E-state index in [1.165, 1.54) is 6.92 Å². The van der Waals surface area contributed by atoms with Gasteiger partial charge in [-0.1, -0.05) is 6.58 Å². The summed E-state index contributed by atoms with van der Waals surface area (Å²) in [6, 6.07) is 0. The molecule has 0 rings (SSSR count). The molecule has 138 valence electrons. The minimum Gasteiger partial charge on any atom is -0.478 e. The lowest BCUT2D eigenvalue weighted by molar-refractivity contribution is -0.132. The Morgan fingerprint density at radius 1 is 0.826 bits per heavy atom. The molecule has 0 unspecified atom stereocenters. The second-order valence-corrected chi connectivity index (χ2v) is 5.53. The highest BCUT2D eigenvalue weighted by Crippen LogP contribution is 2.19. The van der Waals surface area contributed by atoms with E-state index in [0.717, 1.165) is 0 Å². The lowest BCUT2D eigenvalue weighted by Crippen LogP contribution is -2.43.